The lowest BCUT2D eigenvalue weighted by Gasteiger charge is -2.24. The number of hydrogen-bond acceptors (Lipinski definition) is 2. The Hall–Kier alpha value is -0.880. The highest BCUT2D eigenvalue weighted by molar-refractivity contribution is 9.10. The van der Waals surface area contributed by atoms with Gasteiger partial charge in [-0.05, 0) is 17.7 Å². The summed E-state index contributed by atoms with van der Waals surface area (Å²) in [7, 11) is 0. The largest absolute Gasteiger partial charge is 0.480 e. The topological polar surface area (TPSA) is 57.6 Å². The summed E-state index contributed by atoms with van der Waals surface area (Å²) in [6.07, 6.45) is 0.683. The van der Waals surface area contributed by atoms with Crippen LogP contribution < -0.4 is 0 Å². The number of halogens is 2. The van der Waals surface area contributed by atoms with Gasteiger partial charge in [0.15, 0.2) is 0 Å². The molecule has 0 bridgehead atoms. The minimum absolute atomic E-state index is 0.0457. The number of rotatable bonds is 4. The van der Waals surface area contributed by atoms with Crippen LogP contribution in [0.15, 0.2) is 28.7 Å². The minimum Gasteiger partial charge on any atom is -0.480 e. The number of carboxylic acids is 1. The number of carboxylic acid groups (broad SMARTS) is 1. The Morgan fingerprint density at radius 2 is 2.26 bits per heavy atom. The molecule has 1 fully saturated rings. The molecule has 1 aromatic carbocycles. The van der Waals surface area contributed by atoms with E-state index in [2.05, 4.69) is 31.9 Å². The Bertz CT molecular complexity index is 506. The molecule has 102 valence electrons. The Balaban J connectivity index is 2.17. The van der Waals surface area contributed by atoms with Gasteiger partial charge in [-0.25, -0.2) is 4.79 Å². The number of likely N-dealkylation sites (tertiary alicyclic amines) is 1. The van der Waals surface area contributed by atoms with Gasteiger partial charge < -0.3 is 10.0 Å². The van der Waals surface area contributed by atoms with Crippen molar-refractivity contribution in [3.05, 3.63) is 34.3 Å². The van der Waals surface area contributed by atoms with E-state index in [4.69, 9.17) is 0 Å². The van der Waals surface area contributed by atoms with Crippen LogP contribution in [0.3, 0.4) is 0 Å². The molecular weight excluding hydrogens is 378 g/mol. The van der Waals surface area contributed by atoms with Gasteiger partial charge >= 0.3 is 5.97 Å². The SMILES string of the molecule is O=C(O)[C@H](Cc1cccc(Br)c1)N1CC(Br)CC1=O. The smallest absolute Gasteiger partial charge is 0.326 e. The van der Waals surface area contributed by atoms with Crippen molar-refractivity contribution in [2.45, 2.75) is 23.7 Å². The second-order valence-corrected chi connectivity index (χ2v) is 6.75. The second-order valence-electron chi connectivity index (χ2n) is 4.54. The van der Waals surface area contributed by atoms with Gasteiger partial charge in [-0.1, -0.05) is 44.0 Å². The Morgan fingerprint density at radius 1 is 1.53 bits per heavy atom. The summed E-state index contributed by atoms with van der Waals surface area (Å²) in [5.74, 6) is -1.07. The van der Waals surface area contributed by atoms with Gasteiger partial charge in [0.25, 0.3) is 0 Å². The predicted molar refractivity (Wildman–Crippen MR) is 78.3 cm³/mol. The van der Waals surface area contributed by atoms with E-state index >= 15 is 0 Å². The van der Waals surface area contributed by atoms with Crippen molar-refractivity contribution in [2.75, 3.05) is 6.54 Å². The summed E-state index contributed by atoms with van der Waals surface area (Å²) >= 11 is 6.73. The van der Waals surface area contributed by atoms with E-state index in [1.807, 2.05) is 24.3 Å². The summed E-state index contributed by atoms with van der Waals surface area (Å²) < 4.78 is 0.903. The fourth-order valence-electron chi connectivity index (χ4n) is 2.21. The maximum absolute atomic E-state index is 11.8. The molecule has 0 saturated carbocycles. The van der Waals surface area contributed by atoms with Crippen LogP contribution in [0.4, 0.5) is 0 Å². The molecule has 1 heterocycles. The van der Waals surface area contributed by atoms with Crippen LogP contribution in [0, 0.1) is 0 Å². The first kappa shape index (κ1) is 14.5. The molecule has 1 amide bonds. The van der Waals surface area contributed by atoms with Crippen molar-refractivity contribution in [3.63, 3.8) is 0 Å². The third kappa shape index (κ3) is 3.57. The van der Waals surface area contributed by atoms with E-state index in [9.17, 15) is 14.7 Å². The quantitative estimate of drug-likeness (QED) is 0.803. The predicted octanol–water partition coefficient (Wildman–Crippen LogP) is 2.44. The third-order valence-electron chi connectivity index (χ3n) is 3.09. The summed E-state index contributed by atoms with van der Waals surface area (Å²) in [4.78, 5) is 24.7. The van der Waals surface area contributed by atoms with Crippen molar-refractivity contribution >= 4 is 43.7 Å². The summed E-state index contributed by atoms with van der Waals surface area (Å²) in [6, 6.07) is 6.69. The molecule has 0 spiro atoms. The highest BCUT2D eigenvalue weighted by atomic mass is 79.9. The van der Waals surface area contributed by atoms with Crippen LogP contribution >= 0.6 is 31.9 Å². The Labute approximate surface area is 128 Å². The van der Waals surface area contributed by atoms with Gasteiger partial charge in [0.05, 0.1) is 0 Å². The average molecular weight is 391 g/mol. The lowest BCUT2D eigenvalue weighted by Crippen LogP contribution is -2.43. The molecule has 2 atom stereocenters. The monoisotopic (exact) mass is 389 g/mol. The minimum atomic E-state index is -0.963. The number of alkyl halides is 1. The molecule has 0 aromatic heterocycles. The zero-order valence-electron chi connectivity index (χ0n) is 10.1. The first-order valence-electron chi connectivity index (χ1n) is 5.88. The van der Waals surface area contributed by atoms with Crippen molar-refractivity contribution in [1.82, 2.24) is 4.90 Å². The van der Waals surface area contributed by atoms with Crippen LogP contribution in [0.2, 0.25) is 0 Å². The van der Waals surface area contributed by atoms with Gasteiger partial charge in [0.1, 0.15) is 6.04 Å². The first-order chi connectivity index (χ1) is 8.97. The van der Waals surface area contributed by atoms with Crippen molar-refractivity contribution in [3.8, 4) is 0 Å². The lowest BCUT2D eigenvalue weighted by molar-refractivity contribution is -0.148. The van der Waals surface area contributed by atoms with Gasteiger partial charge in [-0.3, -0.25) is 4.79 Å². The second kappa shape index (κ2) is 6.05. The third-order valence-corrected chi connectivity index (χ3v) is 4.20. The van der Waals surface area contributed by atoms with Crippen LogP contribution in [-0.4, -0.2) is 39.3 Å². The first-order valence-corrected chi connectivity index (χ1v) is 7.59. The summed E-state index contributed by atoms with van der Waals surface area (Å²) in [5, 5.41) is 9.35. The van der Waals surface area contributed by atoms with E-state index in [0.717, 1.165) is 10.0 Å². The van der Waals surface area contributed by atoms with Crippen LogP contribution in [0.25, 0.3) is 0 Å². The van der Waals surface area contributed by atoms with E-state index in [-0.39, 0.29) is 10.7 Å². The molecule has 1 saturated heterocycles. The summed E-state index contributed by atoms with van der Waals surface area (Å²) in [5.41, 5.74) is 0.896. The molecule has 1 aliphatic rings. The van der Waals surface area contributed by atoms with E-state index in [0.29, 0.717) is 19.4 Å². The number of carbonyl (C=O) groups is 2. The number of hydrogen-bond donors (Lipinski definition) is 1. The molecule has 0 aliphatic carbocycles. The zero-order valence-corrected chi connectivity index (χ0v) is 13.2. The molecule has 1 unspecified atom stereocenters. The Morgan fingerprint density at radius 3 is 2.79 bits per heavy atom. The normalized spacial score (nSPS) is 20.6. The number of aliphatic carboxylic acids is 1. The maximum atomic E-state index is 11.8. The highest BCUT2D eigenvalue weighted by Crippen LogP contribution is 2.23. The summed E-state index contributed by atoms with van der Waals surface area (Å²) in [6.45, 7) is 0.448. The van der Waals surface area contributed by atoms with Crippen LogP contribution in [0.5, 0.6) is 0 Å². The number of benzene rings is 1. The van der Waals surface area contributed by atoms with Gasteiger partial charge in [0.2, 0.25) is 5.91 Å². The van der Waals surface area contributed by atoms with Gasteiger partial charge in [-0.2, -0.15) is 0 Å². The fourth-order valence-corrected chi connectivity index (χ4v) is 3.24. The van der Waals surface area contributed by atoms with Crippen molar-refractivity contribution in [1.29, 1.82) is 0 Å². The molecular formula is C13H13Br2NO3. The van der Waals surface area contributed by atoms with Crippen molar-refractivity contribution < 1.29 is 14.7 Å². The molecule has 2 rings (SSSR count). The van der Waals surface area contributed by atoms with E-state index in [1.54, 1.807) is 0 Å². The van der Waals surface area contributed by atoms with Crippen LogP contribution in [-0.2, 0) is 16.0 Å². The Kier molecular flexibility index (Phi) is 4.62. The molecule has 1 aliphatic heterocycles. The van der Waals surface area contributed by atoms with Crippen molar-refractivity contribution in [2.24, 2.45) is 0 Å². The zero-order chi connectivity index (χ0) is 14.0. The number of nitrogens with zero attached hydrogens (tertiary/aromatic N) is 1. The van der Waals surface area contributed by atoms with E-state index < -0.39 is 12.0 Å². The standard InChI is InChI=1S/C13H13Br2NO3/c14-9-3-1-2-8(4-9)5-11(13(18)19)16-7-10(15)6-12(16)17/h1-4,10-11H,5-7H2,(H,18,19)/t10?,11-/m0/s1. The molecule has 1 N–H and O–H groups in total. The fraction of sp³-hybridized carbons (Fsp3) is 0.385. The highest BCUT2D eigenvalue weighted by Gasteiger charge is 2.36. The van der Waals surface area contributed by atoms with Crippen LogP contribution in [0.1, 0.15) is 12.0 Å². The lowest BCUT2D eigenvalue weighted by atomic mass is 10.1. The number of carbonyl (C=O) groups excluding carboxylic acids is 1. The van der Waals surface area contributed by atoms with Gasteiger partial charge in [0, 0.05) is 28.7 Å². The van der Waals surface area contributed by atoms with E-state index in [1.165, 1.54) is 4.90 Å². The van der Waals surface area contributed by atoms with Gasteiger partial charge in [-0.15, -0.1) is 0 Å². The maximum Gasteiger partial charge on any atom is 0.326 e. The molecule has 0 radical (unpaired) electrons. The molecule has 19 heavy (non-hydrogen) atoms. The average Bonchev–Trinajstić information content (AvgIpc) is 2.65. The number of amides is 1. The molecule has 1 aromatic rings. The molecule has 4 nitrogen and oxygen atoms in total. The molecule has 6 heteroatoms.